The van der Waals surface area contributed by atoms with Gasteiger partial charge in [0.2, 0.25) is 5.91 Å². The molecule has 5 heteroatoms. The smallest absolute Gasteiger partial charge is 0.326 e. The van der Waals surface area contributed by atoms with Gasteiger partial charge in [-0.15, -0.1) is 6.58 Å². The summed E-state index contributed by atoms with van der Waals surface area (Å²) in [4.78, 5) is 22.7. The zero-order chi connectivity index (χ0) is 15.5. The maximum absolute atomic E-state index is 11.7. The van der Waals surface area contributed by atoms with Gasteiger partial charge in [0, 0.05) is 6.42 Å². The van der Waals surface area contributed by atoms with E-state index in [0.717, 1.165) is 5.75 Å². The van der Waals surface area contributed by atoms with E-state index in [0.29, 0.717) is 25.9 Å². The van der Waals surface area contributed by atoms with Crippen LogP contribution < -0.4 is 10.1 Å². The highest BCUT2D eigenvalue weighted by molar-refractivity contribution is 5.83. The number of hydrogen-bond donors (Lipinski definition) is 2. The average molecular weight is 291 g/mol. The Kier molecular flexibility index (Phi) is 7.64. The molecule has 2 N–H and O–H groups in total. The van der Waals surface area contributed by atoms with Gasteiger partial charge in [0.15, 0.2) is 0 Å². The van der Waals surface area contributed by atoms with Crippen molar-refractivity contribution in [3.63, 3.8) is 0 Å². The summed E-state index contributed by atoms with van der Waals surface area (Å²) in [6, 6.07) is 8.48. The highest BCUT2D eigenvalue weighted by atomic mass is 16.5. The van der Waals surface area contributed by atoms with Gasteiger partial charge >= 0.3 is 5.97 Å². The number of carboxylic acid groups (broad SMARTS) is 1. The molecule has 0 saturated carbocycles. The number of hydrogen-bond acceptors (Lipinski definition) is 3. The lowest BCUT2D eigenvalue weighted by atomic mass is 10.1. The second-order valence-electron chi connectivity index (χ2n) is 4.59. The summed E-state index contributed by atoms with van der Waals surface area (Å²) >= 11 is 0. The van der Waals surface area contributed by atoms with Crippen LogP contribution in [0.25, 0.3) is 0 Å². The van der Waals surface area contributed by atoms with Crippen LogP contribution in [0.1, 0.15) is 25.7 Å². The molecule has 0 fully saturated rings. The number of allylic oxidation sites excluding steroid dienone is 1. The largest absolute Gasteiger partial charge is 0.494 e. The molecule has 114 valence electrons. The molecule has 0 saturated heterocycles. The summed E-state index contributed by atoms with van der Waals surface area (Å²) in [5.74, 6) is -0.541. The van der Waals surface area contributed by atoms with Crippen LogP contribution in [-0.2, 0) is 9.59 Å². The maximum Gasteiger partial charge on any atom is 0.326 e. The minimum Gasteiger partial charge on any atom is -0.494 e. The van der Waals surface area contributed by atoms with E-state index in [9.17, 15) is 9.59 Å². The highest BCUT2D eigenvalue weighted by Gasteiger charge is 2.18. The monoisotopic (exact) mass is 291 g/mol. The number of amides is 1. The van der Waals surface area contributed by atoms with Gasteiger partial charge in [-0.05, 0) is 31.4 Å². The van der Waals surface area contributed by atoms with Gasteiger partial charge in [-0.1, -0.05) is 24.3 Å². The normalized spacial score (nSPS) is 11.4. The van der Waals surface area contributed by atoms with Crippen LogP contribution in [0, 0.1) is 0 Å². The summed E-state index contributed by atoms with van der Waals surface area (Å²) in [5.41, 5.74) is 0. The van der Waals surface area contributed by atoms with Gasteiger partial charge < -0.3 is 15.2 Å². The third kappa shape index (κ3) is 7.15. The van der Waals surface area contributed by atoms with Crippen molar-refractivity contribution in [2.75, 3.05) is 6.61 Å². The minimum atomic E-state index is -1.02. The van der Waals surface area contributed by atoms with E-state index in [1.165, 1.54) is 0 Å². The predicted octanol–water partition coefficient (Wildman–Crippen LogP) is 2.38. The molecule has 0 spiro atoms. The first-order valence-electron chi connectivity index (χ1n) is 6.94. The van der Waals surface area contributed by atoms with Crippen LogP contribution in [0.4, 0.5) is 0 Å². The van der Waals surface area contributed by atoms with Crippen molar-refractivity contribution in [1.82, 2.24) is 5.32 Å². The van der Waals surface area contributed by atoms with E-state index >= 15 is 0 Å². The van der Waals surface area contributed by atoms with Crippen LogP contribution in [0.15, 0.2) is 43.0 Å². The van der Waals surface area contributed by atoms with Crippen LogP contribution in [0.5, 0.6) is 5.75 Å². The van der Waals surface area contributed by atoms with E-state index in [-0.39, 0.29) is 12.3 Å². The zero-order valence-electron chi connectivity index (χ0n) is 12.0. The molecule has 0 aromatic heterocycles. The Morgan fingerprint density at radius 1 is 1.33 bits per heavy atom. The lowest BCUT2D eigenvalue weighted by Crippen LogP contribution is -2.40. The van der Waals surface area contributed by atoms with Crippen molar-refractivity contribution in [1.29, 1.82) is 0 Å². The number of nitrogens with one attached hydrogen (secondary N) is 1. The second-order valence-corrected chi connectivity index (χ2v) is 4.59. The SMILES string of the molecule is C=CCCC(NC(=O)CCCOc1ccccc1)C(=O)O. The number of carbonyl (C=O) groups is 2. The minimum absolute atomic E-state index is 0.241. The molecule has 21 heavy (non-hydrogen) atoms. The lowest BCUT2D eigenvalue weighted by Gasteiger charge is -2.13. The van der Waals surface area contributed by atoms with E-state index in [2.05, 4.69) is 11.9 Å². The summed E-state index contributed by atoms with van der Waals surface area (Å²) in [6.45, 7) is 3.96. The van der Waals surface area contributed by atoms with Crippen LogP contribution in [0.3, 0.4) is 0 Å². The van der Waals surface area contributed by atoms with Crippen molar-refractivity contribution in [2.24, 2.45) is 0 Å². The average Bonchev–Trinajstić information content (AvgIpc) is 2.48. The Balaban J connectivity index is 2.23. The van der Waals surface area contributed by atoms with Gasteiger partial charge in [-0.2, -0.15) is 0 Å². The highest BCUT2D eigenvalue weighted by Crippen LogP contribution is 2.09. The third-order valence-corrected chi connectivity index (χ3v) is 2.85. The molecule has 0 aliphatic heterocycles. The molecule has 1 aromatic carbocycles. The van der Waals surface area contributed by atoms with Crippen molar-refractivity contribution in [2.45, 2.75) is 31.7 Å². The molecule has 1 rings (SSSR count). The number of ether oxygens (including phenoxy) is 1. The Morgan fingerprint density at radius 3 is 2.67 bits per heavy atom. The Labute approximate surface area is 124 Å². The zero-order valence-corrected chi connectivity index (χ0v) is 12.0. The van der Waals surface area contributed by atoms with Gasteiger partial charge in [0.05, 0.1) is 6.61 Å². The molecule has 0 bridgehead atoms. The van der Waals surface area contributed by atoms with E-state index in [1.807, 2.05) is 30.3 Å². The number of carboxylic acids is 1. The number of para-hydroxylation sites is 1. The van der Waals surface area contributed by atoms with Gasteiger partial charge in [0.1, 0.15) is 11.8 Å². The summed E-state index contributed by atoms with van der Waals surface area (Å²) in [6.07, 6.45) is 3.31. The first kappa shape index (κ1) is 16.8. The summed E-state index contributed by atoms with van der Waals surface area (Å²) < 4.78 is 5.46. The lowest BCUT2D eigenvalue weighted by molar-refractivity contribution is -0.142. The maximum atomic E-state index is 11.7. The van der Waals surface area contributed by atoms with Crippen molar-refractivity contribution in [3.05, 3.63) is 43.0 Å². The molecule has 1 unspecified atom stereocenters. The molecule has 0 radical (unpaired) electrons. The van der Waals surface area contributed by atoms with Crippen molar-refractivity contribution >= 4 is 11.9 Å². The van der Waals surface area contributed by atoms with E-state index in [4.69, 9.17) is 9.84 Å². The Bertz CT molecular complexity index is 459. The Morgan fingerprint density at radius 2 is 2.05 bits per heavy atom. The molecule has 1 amide bonds. The second kappa shape index (κ2) is 9.58. The van der Waals surface area contributed by atoms with Crippen LogP contribution >= 0.6 is 0 Å². The fraction of sp³-hybridized carbons (Fsp3) is 0.375. The Hall–Kier alpha value is -2.30. The van der Waals surface area contributed by atoms with Gasteiger partial charge in [0.25, 0.3) is 0 Å². The van der Waals surface area contributed by atoms with E-state index in [1.54, 1.807) is 6.08 Å². The quantitative estimate of drug-likeness (QED) is 0.512. The van der Waals surface area contributed by atoms with E-state index < -0.39 is 12.0 Å². The molecule has 5 nitrogen and oxygen atoms in total. The fourth-order valence-corrected chi connectivity index (χ4v) is 1.75. The number of aliphatic carboxylic acids is 1. The molecular weight excluding hydrogens is 270 g/mol. The number of rotatable bonds is 10. The fourth-order valence-electron chi connectivity index (χ4n) is 1.75. The standard InChI is InChI=1S/C16H21NO4/c1-2-3-10-14(16(19)20)17-15(18)11-7-12-21-13-8-5-4-6-9-13/h2,4-6,8-9,14H,1,3,7,10-12H2,(H,17,18)(H,19,20). The first-order valence-corrected chi connectivity index (χ1v) is 6.94. The topological polar surface area (TPSA) is 75.6 Å². The molecule has 0 heterocycles. The molecule has 0 aliphatic rings. The third-order valence-electron chi connectivity index (χ3n) is 2.85. The number of benzene rings is 1. The van der Waals surface area contributed by atoms with Gasteiger partial charge in [-0.25, -0.2) is 4.79 Å². The van der Waals surface area contributed by atoms with Gasteiger partial charge in [-0.3, -0.25) is 4.79 Å². The first-order chi connectivity index (χ1) is 10.1. The molecule has 1 aromatic rings. The summed E-state index contributed by atoms with van der Waals surface area (Å²) in [5, 5.41) is 11.5. The van der Waals surface area contributed by atoms with Crippen molar-refractivity contribution < 1.29 is 19.4 Å². The van der Waals surface area contributed by atoms with Crippen molar-refractivity contribution in [3.8, 4) is 5.75 Å². The molecule has 0 aliphatic carbocycles. The predicted molar refractivity (Wildman–Crippen MR) is 80.2 cm³/mol. The van der Waals surface area contributed by atoms with Crippen LogP contribution in [0.2, 0.25) is 0 Å². The number of carbonyl (C=O) groups excluding carboxylic acids is 1. The molecular formula is C16H21NO4. The summed E-state index contributed by atoms with van der Waals surface area (Å²) in [7, 11) is 0. The van der Waals surface area contributed by atoms with Crippen LogP contribution in [-0.4, -0.2) is 29.6 Å². The molecule has 1 atom stereocenters.